The first-order chi connectivity index (χ1) is 14.4. The van der Waals surface area contributed by atoms with Gasteiger partial charge in [0.25, 0.3) is 0 Å². The second-order valence-corrected chi connectivity index (χ2v) is 6.57. The molecule has 1 aliphatic carbocycles. The summed E-state index contributed by atoms with van der Waals surface area (Å²) in [5.74, 6) is -3.66. The molecule has 0 spiro atoms. The molecule has 1 aliphatic rings. The molecule has 2 aromatic carbocycles. The van der Waals surface area contributed by atoms with E-state index in [0.717, 1.165) is 14.2 Å². The van der Waals surface area contributed by atoms with Crippen molar-refractivity contribution in [1.29, 1.82) is 0 Å². The van der Waals surface area contributed by atoms with E-state index in [1.807, 2.05) is 0 Å². The number of carbonyl (C=O) groups excluding carboxylic acids is 2. The third-order valence-corrected chi connectivity index (χ3v) is 4.96. The number of aliphatic hydroxyl groups is 1. The zero-order chi connectivity index (χ0) is 21.8. The molecule has 0 amide bonds. The maximum Gasteiger partial charge on any atom is 0.341 e. The number of rotatable bonds is 5. The minimum Gasteiger partial charge on any atom is -0.762 e. The molecule has 1 unspecified atom stereocenters. The van der Waals surface area contributed by atoms with E-state index >= 15 is 0 Å². The first-order valence-electron chi connectivity index (χ1n) is 9.01. The van der Waals surface area contributed by atoms with Gasteiger partial charge in [0, 0.05) is 5.92 Å². The Morgan fingerprint density at radius 1 is 1.00 bits per heavy atom. The number of hydrogen-bond acceptors (Lipinski definition) is 8. The highest BCUT2D eigenvalue weighted by molar-refractivity contribution is 6.03. The Morgan fingerprint density at radius 3 is 2.20 bits per heavy atom. The lowest BCUT2D eigenvalue weighted by molar-refractivity contribution is -0.137. The number of hydroxylamine groups is 2. The Hall–Kier alpha value is -3.46. The second kappa shape index (κ2) is 8.91. The van der Waals surface area contributed by atoms with Gasteiger partial charge in [0.2, 0.25) is 0 Å². The third-order valence-electron chi connectivity index (χ3n) is 4.96. The smallest absolute Gasteiger partial charge is 0.341 e. The quantitative estimate of drug-likeness (QED) is 0.569. The van der Waals surface area contributed by atoms with E-state index < -0.39 is 29.7 Å². The molecule has 0 saturated carbocycles. The average Bonchev–Trinajstić information content (AvgIpc) is 2.88. The minimum absolute atomic E-state index is 0.268. The van der Waals surface area contributed by atoms with Crippen LogP contribution in [0.2, 0.25) is 0 Å². The van der Waals surface area contributed by atoms with E-state index in [4.69, 9.17) is 9.47 Å². The van der Waals surface area contributed by atoms with Crippen LogP contribution < -0.4 is 0 Å². The highest BCUT2D eigenvalue weighted by Gasteiger charge is 2.40. The second-order valence-electron chi connectivity index (χ2n) is 6.57. The fourth-order valence-electron chi connectivity index (χ4n) is 3.62. The molecular weight excluding hydrogens is 390 g/mol. The van der Waals surface area contributed by atoms with Crippen LogP contribution in [0.25, 0.3) is 6.08 Å². The molecule has 0 radical (unpaired) electrons. The lowest BCUT2D eigenvalue weighted by Gasteiger charge is -2.38. The molecule has 0 aliphatic heterocycles. The van der Waals surface area contributed by atoms with Gasteiger partial charge in [-0.1, -0.05) is 54.6 Å². The van der Waals surface area contributed by atoms with Crippen LogP contribution in [0.5, 0.6) is 0 Å². The summed E-state index contributed by atoms with van der Waals surface area (Å²) in [6, 6.07) is 13.7. The van der Waals surface area contributed by atoms with Crippen molar-refractivity contribution in [3.05, 3.63) is 93.4 Å². The standard InChI is InChI=1S/C22H20NO7/c1-29-21(25)16-12-14-10-6-7-11-15(14)17(18(20(16)24)22(26)30-2)19(23(27)28)13-8-4-3-5-9-13/h3-12,17,19,24,27H,1-2H3/q-1/t17?,19-/m0/s1. The first-order valence-corrected chi connectivity index (χ1v) is 9.01. The van der Waals surface area contributed by atoms with Crippen LogP contribution in [0.1, 0.15) is 28.7 Å². The minimum atomic E-state index is -1.31. The molecule has 0 aromatic heterocycles. The van der Waals surface area contributed by atoms with Crippen LogP contribution in [-0.4, -0.2) is 41.7 Å². The normalized spacial score (nSPS) is 17.0. The zero-order valence-corrected chi connectivity index (χ0v) is 16.3. The van der Waals surface area contributed by atoms with Gasteiger partial charge < -0.3 is 25.0 Å². The molecule has 2 atom stereocenters. The Balaban J connectivity index is 2.37. The number of ether oxygens (including phenoxy) is 2. The summed E-state index contributed by atoms with van der Waals surface area (Å²) in [5.41, 5.74) is 0.687. The summed E-state index contributed by atoms with van der Waals surface area (Å²) < 4.78 is 9.60. The van der Waals surface area contributed by atoms with Gasteiger partial charge in [0.15, 0.2) is 0 Å². The molecule has 2 N–H and O–H groups in total. The van der Waals surface area contributed by atoms with E-state index in [1.54, 1.807) is 54.6 Å². The summed E-state index contributed by atoms with van der Waals surface area (Å²) in [5, 5.41) is 33.0. The third kappa shape index (κ3) is 3.84. The predicted molar refractivity (Wildman–Crippen MR) is 107 cm³/mol. The van der Waals surface area contributed by atoms with Gasteiger partial charge in [-0.25, -0.2) is 9.59 Å². The molecule has 8 nitrogen and oxygen atoms in total. The summed E-state index contributed by atoms with van der Waals surface area (Å²) in [4.78, 5) is 25.1. The van der Waals surface area contributed by atoms with Crippen LogP contribution >= 0.6 is 0 Å². The number of aliphatic hydroxyl groups excluding tert-OH is 1. The van der Waals surface area contributed by atoms with Crippen LogP contribution in [0, 0.1) is 5.21 Å². The molecule has 0 bridgehead atoms. The van der Waals surface area contributed by atoms with Crippen molar-refractivity contribution in [2.24, 2.45) is 0 Å². The van der Waals surface area contributed by atoms with Gasteiger partial charge in [-0.3, -0.25) is 5.23 Å². The van der Waals surface area contributed by atoms with E-state index in [9.17, 15) is 25.1 Å². The number of nitrogens with zero attached hydrogens (tertiary/aromatic N) is 1. The van der Waals surface area contributed by atoms with Gasteiger partial charge in [-0.05, 0) is 22.8 Å². The van der Waals surface area contributed by atoms with Crippen molar-refractivity contribution in [2.75, 3.05) is 14.2 Å². The largest absolute Gasteiger partial charge is 0.762 e. The molecule has 0 heterocycles. The van der Waals surface area contributed by atoms with Crippen molar-refractivity contribution < 1.29 is 29.4 Å². The molecule has 2 aromatic rings. The first kappa shape index (κ1) is 21.3. The van der Waals surface area contributed by atoms with Crippen LogP contribution in [0.15, 0.2) is 71.5 Å². The maximum atomic E-state index is 12.7. The van der Waals surface area contributed by atoms with Crippen molar-refractivity contribution >= 4 is 18.0 Å². The molecular formula is C22H20NO7-. The summed E-state index contributed by atoms with van der Waals surface area (Å²) in [6.45, 7) is 0. The lowest BCUT2D eigenvalue weighted by atomic mass is 9.80. The Bertz CT molecular complexity index is 1010. The average molecular weight is 410 g/mol. The Kier molecular flexibility index (Phi) is 6.31. The number of methoxy groups -OCH3 is 2. The van der Waals surface area contributed by atoms with Crippen LogP contribution in [-0.2, 0) is 19.1 Å². The molecule has 0 saturated heterocycles. The molecule has 3 rings (SSSR count). The molecule has 30 heavy (non-hydrogen) atoms. The number of hydrogen-bond donors (Lipinski definition) is 2. The summed E-state index contributed by atoms with van der Waals surface area (Å²) in [7, 11) is 2.26. The number of carbonyl (C=O) groups is 2. The van der Waals surface area contributed by atoms with E-state index in [0.29, 0.717) is 16.7 Å². The number of fused-ring (bicyclic) bond motifs is 1. The van der Waals surface area contributed by atoms with Crippen molar-refractivity contribution in [2.45, 2.75) is 12.0 Å². The van der Waals surface area contributed by atoms with Gasteiger partial charge in [-0.15, -0.1) is 0 Å². The number of esters is 2. The van der Waals surface area contributed by atoms with Crippen molar-refractivity contribution in [3.63, 3.8) is 0 Å². The topological polar surface area (TPSA) is 119 Å². The monoisotopic (exact) mass is 410 g/mol. The van der Waals surface area contributed by atoms with Crippen LogP contribution in [0.3, 0.4) is 0 Å². The van der Waals surface area contributed by atoms with E-state index in [1.165, 1.54) is 6.08 Å². The van der Waals surface area contributed by atoms with Crippen LogP contribution in [0.4, 0.5) is 0 Å². The Labute approximate surface area is 172 Å². The lowest BCUT2D eigenvalue weighted by Crippen LogP contribution is -2.30. The highest BCUT2D eigenvalue weighted by Crippen LogP contribution is 2.45. The number of benzene rings is 2. The van der Waals surface area contributed by atoms with Gasteiger partial charge in [0.1, 0.15) is 11.3 Å². The van der Waals surface area contributed by atoms with Crippen molar-refractivity contribution in [1.82, 2.24) is 5.23 Å². The van der Waals surface area contributed by atoms with Gasteiger partial charge in [-0.2, -0.15) is 0 Å². The van der Waals surface area contributed by atoms with Gasteiger partial charge in [0.05, 0.1) is 25.8 Å². The fraction of sp³-hybridized carbons (Fsp3) is 0.182. The molecule has 156 valence electrons. The fourth-order valence-corrected chi connectivity index (χ4v) is 3.62. The van der Waals surface area contributed by atoms with Gasteiger partial charge >= 0.3 is 11.9 Å². The summed E-state index contributed by atoms with van der Waals surface area (Å²) in [6.07, 6.45) is 1.37. The molecule has 8 heteroatoms. The highest BCUT2D eigenvalue weighted by atomic mass is 16.8. The molecule has 0 fully saturated rings. The Morgan fingerprint density at radius 2 is 1.60 bits per heavy atom. The van der Waals surface area contributed by atoms with E-state index in [2.05, 4.69) is 0 Å². The van der Waals surface area contributed by atoms with E-state index in [-0.39, 0.29) is 16.4 Å². The zero-order valence-electron chi connectivity index (χ0n) is 16.3. The maximum absolute atomic E-state index is 12.7. The SMILES string of the molecule is COC(=O)C1=Cc2ccccc2C([C@H](c2ccccc2)N([O-])O)C(C(=O)OC)=C1O. The predicted octanol–water partition coefficient (Wildman–Crippen LogP) is 3.26. The van der Waals surface area contributed by atoms with Crippen molar-refractivity contribution in [3.8, 4) is 0 Å². The summed E-state index contributed by atoms with van der Waals surface area (Å²) >= 11 is 0.